The third kappa shape index (κ3) is 4.15. The summed E-state index contributed by atoms with van der Waals surface area (Å²) in [6.07, 6.45) is 2.56. The summed E-state index contributed by atoms with van der Waals surface area (Å²) in [6, 6.07) is 18.1. The molecule has 1 aromatic heterocycles. The Kier molecular flexibility index (Phi) is 5.79. The molecule has 0 unspecified atom stereocenters. The van der Waals surface area contributed by atoms with Gasteiger partial charge in [-0.3, -0.25) is 4.72 Å². The smallest absolute Gasteiger partial charge is 0.261 e. The van der Waals surface area contributed by atoms with Crippen LogP contribution in [-0.4, -0.2) is 45.5 Å². The van der Waals surface area contributed by atoms with Crippen LogP contribution in [-0.2, 0) is 22.9 Å². The standard InChI is InChI=1S/C26H27N3O4S/c1-29(2)18-10-13-20-21(16-18)24(32-3)15-14-22(20)28-34(30,31)19-11-8-17(9-12-19)26-27-23-6-4-5-7-25(23)33-26/h4-9,11-12,14-15,18,28H,10,13,16H2,1-3H3/t18-/m0/s1. The van der Waals surface area contributed by atoms with Gasteiger partial charge in [-0.2, -0.15) is 0 Å². The number of anilines is 1. The Bertz CT molecular complexity index is 1410. The minimum Gasteiger partial charge on any atom is -0.496 e. The third-order valence-electron chi connectivity index (χ3n) is 6.46. The van der Waals surface area contributed by atoms with Crippen molar-refractivity contribution >= 4 is 26.8 Å². The molecule has 7 nitrogen and oxygen atoms in total. The van der Waals surface area contributed by atoms with Crippen LogP contribution in [0.15, 0.2) is 70.0 Å². The van der Waals surface area contributed by atoms with Gasteiger partial charge < -0.3 is 14.1 Å². The minimum atomic E-state index is -3.77. The number of ether oxygens (including phenoxy) is 1. The fourth-order valence-corrected chi connectivity index (χ4v) is 5.63. The Balaban J connectivity index is 1.42. The molecule has 1 N–H and O–H groups in total. The molecule has 4 aromatic rings. The first kappa shape index (κ1) is 22.4. The Morgan fingerprint density at radius 1 is 1.03 bits per heavy atom. The third-order valence-corrected chi connectivity index (χ3v) is 7.84. The summed E-state index contributed by atoms with van der Waals surface area (Å²) in [5.41, 5.74) is 4.85. The van der Waals surface area contributed by atoms with Crippen molar-refractivity contribution < 1.29 is 17.6 Å². The summed E-state index contributed by atoms with van der Waals surface area (Å²) < 4.78 is 40.6. The van der Waals surface area contributed by atoms with Crippen molar-refractivity contribution in [3.8, 4) is 17.2 Å². The molecule has 5 rings (SSSR count). The van der Waals surface area contributed by atoms with Gasteiger partial charge in [-0.25, -0.2) is 13.4 Å². The van der Waals surface area contributed by atoms with Gasteiger partial charge in [0.25, 0.3) is 10.0 Å². The number of likely N-dealkylation sites (N-methyl/N-ethyl adjacent to an activating group) is 1. The number of nitrogens with zero attached hydrogens (tertiary/aromatic N) is 2. The number of aromatic nitrogens is 1. The molecule has 3 aromatic carbocycles. The van der Waals surface area contributed by atoms with E-state index >= 15 is 0 Å². The Labute approximate surface area is 199 Å². The number of methoxy groups -OCH3 is 1. The largest absolute Gasteiger partial charge is 0.496 e. The molecule has 1 aliphatic rings. The van der Waals surface area contributed by atoms with Gasteiger partial charge in [0.2, 0.25) is 5.89 Å². The molecular weight excluding hydrogens is 450 g/mol. The van der Waals surface area contributed by atoms with Crippen LogP contribution in [0.1, 0.15) is 17.5 Å². The molecule has 1 aliphatic carbocycles. The molecule has 0 amide bonds. The van der Waals surface area contributed by atoms with Crippen molar-refractivity contribution in [3.05, 3.63) is 71.8 Å². The van der Waals surface area contributed by atoms with E-state index < -0.39 is 10.0 Å². The van der Waals surface area contributed by atoms with Gasteiger partial charge in [-0.15, -0.1) is 0 Å². The molecule has 8 heteroatoms. The van der Waals surface area contributed by atoms with Gasteiger partial charge >= 0.3 is 0 Å². The van der Waals surface area contributed by atoms with Gasteiger partial charge in [-0.05, 0) is 87.5 Å². The summed E-state index contributed by atoms with van der Waals surface area (Å²) in [6.45, 7) is 0. The van der Waals surface area contributed by atoms with E-state index in [4.69, 9.17) is 9.15 Å². The maximum atomic E-state index is 13.2. The lowest BCUT2D eigenvalue weighted by atomic mass is 9.86. The first-order chi connectivity index (χ1) is 16.4. The number of benzene rings is 3. The summed E-state index contributed by atoms with van der Waals surface area (Å²) >= 11 is 0. The first-order valence-corrected chi connectivity index (χ1v) is 12.7. The normalized spacial score (nSPS) is 15.9. The second-order valence-electron chi connectivity index (χ2n) is 8.75. The maximum Gasteiger partial charge on any atom is 0.261 e. The predicted molar refractivity (Wildman–Crippen MR) is 133 cm³/mol. The van der Waals surface area contributed by atoms with Crippen LogP contribution in [0, 0.1) is 0 Å². The lowest BCUT2D eigenvalue weighted by molar-refractivity contribution is 0.265. The number of nitrogens with one attached hydrogen (secondary N) is 1. The number of oxazole rings is 1. The average Bonchev–Trinajstić information content (AvgIpc) is 3.28. The molecular formula is C26H27N3O4S. The van der Waals surface area contributed by atoms with E-state index in [2.05, 4.69) is 28.7 Å². The van der Waals surface area contributed by atoms with Crippen molar-refractivity contribution in [2.24, 2.45) is 0 Å². The quantitative estimate of drug-likeness (QED) is 0.432. The average molecular weight is 478 g/mol. The second kappa shape index (κ2) is 8.77. The molecule has 0 bridgehead atoms. The van der Waals surface area contributed by atoms with Crippen molar-refractivity contribution in [3.63, 3.8) is 0 Å². The zero-order valence-corrected chi connectivity index (χ0v) is 20.2. The number of rotatable bonds is 6. The van der Waals surface area contributed by atoms with Gasteiger partial charge in [0, 0.05) is 17.2 Å². The summed E-state index contributed by atoms with van der Waals surface area (Å²) in [5, 5.41) is 0. The number of para-hydroxylation sites is 2. The van der Waals surface area contributed by atoms with Crippen LogP contribution >= 0.6 is 0 Å². The van der Waals surface area contributed by atoms with E-state index in [-0.39, 0.29) is 4.90 Å². The molecule has 0 aliphatic heterocycles. The molecule has 1 heterocycles. The Hall–Kier alpha value is -3.36. The topological polar surface area (TPSA) is 84.7 Å². The lowest BCUT2D eigenvalue weighted by Gasteiger charge is -2.32. The molecule has 0 radical (unpaired) electrons. The number of sulfonamides is 1. The fourth-order valence-electron chi connectivity index (χ4n) is 4.53. The van der Waals surface area contributed by atoms with Crippen LogP contribution in [0.3, 0.4) is 0 Å². The number of hydrogen-bond acceptors (Lipinski definition) is 6. The summed E-state index contributed by atoms with van der Waals surface area (Å²) in [5.74, 6) is 1.25. The van der Waals surface area contributed by atoms with Crippen molar-refractivity contribution in [2.45, 2.75) is 30.2 Å². The molecule has 0 saturated carbocycles. The summed E-state index contributed by atoms with van der Waals surface area (Å²) in [4.78, 5) is 6.86. The Morgan fingerprint density at radius 3 is 2.50 bits per heavy atom. The second-order valence-corrected chi connectivity index (χ2v) is 10.4. The highest BCUT2D eigenvalue weighted by Gasteiger charge is 2.27. The van der Waals surface area contributed by atoms with Gasteiger partial charge in [0.1, 0.15) is 11.3 Å². The highest BCUT2D eigenvalue weighted by atomic mass is 32.2. The lowest BCUT2D eigenvalue weighted by Crippen LogP contribution is -2.34. The van der Waals surface area contributed by atoms with Crippen LogP contribution < -0.4 is 9.46 Å². The van der Waals surface area contributed by atoms with E-state index in [9.17, 15) is 8.42 Å². The van der Waals surface area contributed by atoms with Crippen LogP contribution in [0.4, 0.5) is 5.69 Å². The minimum absolute atomic E-state index is 0.180. The zero-order chi connectivity index (χ0) is 23.9. The number of hydrogen-bond donors (Lipinski definition) is 1. The molecule has 0 saturated heterocycles. The first-order valence-electron chi connectivity index (χ1n) is 11.2. The summed E-state index contributed by atoms with van der Waals surface area (Å²) in [7, 11) is 2.02. The number of fused-ring (bicyclic) bond motifs is 2. The molecule has 0 fully saturated rings. The van der Waals surface area contributed by atoms with E-state index in [1.165, 1.54) is 0 Å². The van der Waals surface area contributed by atoms with Gasteiger partial charge in [0.05, 0.1) is 17.7 Å². The van der Waals surface area contributed by atoms with Crippen molar-refractivity contribution in [2.75, 3.05) is 25.9 Å². The molecule has 34 heavy (non-hydrogen) atoms. The molecule has 1 atom stereocenters. The Morgan fingerprint density at radius 2 is 1.79 bits per heavy atom. The van der Waals surface area contributed by atoms with Crippen molar-refractivity contribution in [1.82, 2.24) is 9.88 Å². The van der Waals surface area contributed by atoms with E-state index in [1.807, 2.05) is 30.3 Å². The predicted octanol–water partition coefficient (Wildman–Crippen LogP) is 4.72. The highest BCUT2D eigenvalue weighted by molar-refractivity contribution is 7.92. The monoisotopic (exact) mass is 477 g/mol. The SMILES string of the molecule is COc1ccc(NS(=O)(=O)c2ccc(-c3nc4ccccc4o3)cc2)c2c1C[C@@H](N(C)C)CC2. The molecule has 0 spiro atoms. The van der Waals surface area contributed by atoms with E-state index in [0.717, 1.165) is 41.7 Å². The zero-order valence-electron chi connectivity index (χ0n) is 19.4. The van der Waals surface area contributed by atoms with Crippen LogP contribution in [0.2, 0.25) is 0 Å². The van der Waals surface area contributed by atoms with E-state index in [0.29, 0.717) is 28.8 Å². The van der Waals surface area contributed by atoms with Gasteiger partial charge in [-0.1, -0.05) is 12.1 Å². The molecule has 176 valence electrons. The van der Waals surface area contributed by atoms with E-state index in [1.54, 1.807) is 37.4 Å². The van der Waals surface area contributed by atoms with Gasteiger partial charge in [0.15, 0.2) is 5.58 Å². The van der Waals surface area contributed by atoms with Crippen LogP contribution in [0.25, 0.3) is 22.6 Å². The highest BCUT2D eigenvalue weighted by Crippen LogP contribution is 2.37. The van der Waals surface area contributed by atoms with Crippen molar-refractivity contribution in [1.29, 1.82) is 0 Å². The van der Waals surface area contributed by atoms with Crippen LogP contribution in [0.5, 0.6) is 5.75 Å². The maximum absolute atomic E-state index is 13.2. The fraction of sp³-hybridized carbons (Fsp3) is 0.269.